The van der Waals surface area contributed by atoms with E-state index in [0.717, 1.165) is 16.5 Å². The number of aromatic amines is 1. The number of aromatic nitrogens is 1. The number of carbonyl (C=O) groups is 4. The van der Waals surface area contributed by atoms with E-state index in [4.69, 9.17) is 10.8 Å². The van der Waals surface area contributed by atoms with Gasteiger partial charge in [-0.1, -0.05) is 18.2 Å². The summed E-state index contributed by atoms with van der Waals surface area (Å²) in [4.78, 5) is 51.4. The molecule has 1 aromatic carbocycles. The maximum atomic E-state index is 12.9. The van der Waals surface area contributed by atoms with Gasteiger partial charge in [0.2, 0.25) is 17.7 Å². The van der Waals surface area contributed by atoms with E-state index in [1.54, 1.807) is 6.20 Å². The number of hydrogen-bond donors (Lipinski definition) is 7. The maximum absolute atomic E-state index is 12.9. The third-order valence-electron chi connectivity index (χ3n) is 4.75. The molecule has 31 heavy (non-hydrogen) atoms. The molecule has 1 heterocycles. The molecule has 4 atom stereocenters. The molecule has 0 aliphatic heterocycles. The van der Waals surface area contributed by atoms with Crippen LogP contribution < -0.4 is 21.7 Å². The van der Waals surface area contributed by atoms with E-state index in [9.17, 15) is 19.2 Å². The van der Waals surface area contributed by atoms with Crippen molar-refractivity contribution in [1.82, 2.24) is 20.9 Å². The van der Waals surface area contributed by atoms with Crippen molar-refractivity contribution in [2.75, 3.05) is 5.75 Å². The minimum atomic E-state index is -1.20. The van der Waals surface area contributed by atoms with E-state index >= 15 is 0 Å². The van der Waals surface area contributed by atoms with E-state index < -0.39 is 47.9 Å². The number of carboxylic acid groups (broad SMARTS) is 1. The topological polar surface area (TPSA) is 166 Å². The lowest BCUT2D eigenvalue weighted by atomic mass is 10.0. The molecule has 0 aliphatic carbocycles. The Morgan fingerprint density at radius 3 is 2.32 bits per heavy atom. The Kier molecular flexibility index (Phi) is 8.46. The Hall–Kier alpha value is -3.05. The monoisotopic (exact) mass is 449 g/mol. The number of rotatable bonds is 10. The van der Waals surface area contributed by atoms with E-state index in [2.05, 4.69) is 33.6 Å². The lowest BCUT2D eigenvalue weighted by Crippen LogP contribution is -2.56. The highest BCUT2D eigenvalue weighted by Gasteiger charge is 2.28. The first-order valence-electron chi connectivity index (χ1n) is 9.69. The molecule has 0 saturated heterocycles. The minimum Gasteiger partial charge on any atom is -0.480 e. The number of thiol groups is 1. The third kappa shape index (κ3) is 6.46. The standard InChI is InChI=1S/C20H27N5O5S/c1-10(17(26)24-11(2)20(29)30)23-19(28)16(25-18(27)14(21)9-31)7-12-8-22-15-6-4-3-5-13(12)15/h3-6,8,10-11,14,16,22,31H,7,9,21H2,1-2H3,(H,23,28)(H,24,26)(H,25,27)(H,29,30). The van der Waals surface area contributed by atoms with Gasteiger partial charge >= 0.3 is 5.97 Å². The van der Waals surface area contributed by atoms with Crippen LogP contribution in [0.25, 0.3) is 10.9 Å². The highest BCUT2D eigenvalue weighted by Crippen LogP contribution is 2.19. The van der Waals surface area contributed by atoms with Crippen LogP contribution in [0.4, 0.5) is 0 Å². The summed E-state index contributed by atoms with van der Waals surface area (Å²) in [5.74, 6) is -2.91. The van der Waals surface area contributed by atoms with Gasteiger partial charge in [-0.05, 0) is 25.5 Å². The molecule has 2 rings (SSSR count). The molecule has 168 valence electrons. The number of para-hydroxylation sites is 1. The molecule has 3 amide bonds. The van der Waals surface area contributed by atoms with Crippen LogP contribution in [0.5, 0.6) is 0 Å². The number of H-pyrrole nitrogens is 1. The number of carboxylic acids is 1. The zero-order valence-electron chi connectivity index (χ0n) is 17.2. The molecule has 0 fully saturated rings. The molecule has 7 N–H and O–H groups in total. The van der Waals surface area contributed by atoms with Crippen molar-refractivity contribution in [1.29, 1.82) is 0 Å². The number of aliphatic carboxylic acids is 1. The fourth-order valence-electron chi connectivity index (χ4n) is 2.87. The van der Waals surface area contributed by atoms with E-state index in [0.29, 0.717) is 0 Å². The molecule has 0 saturated carbocycles. The summed E-state index contributed by atoms with van der Waals surface area (Å²) in [5, 5.41) is 17.2. The highest BCUT2D eigenvalue weighted by atomic mass is 32.1. The Morgan fingerprint density at radius 1 is 1.03 bits per heavy atom. The lowest BCUT2D eigenvalue weighted by molar-refractivity contribution is -0.141. The molecule has 11 heteroatoms. The minimum absolute atomic E-state index is 0.0964. The van der Waals surface area contributed by atoms with Crippen LogP contribution in [0.3, 0.4) is 0 Å². The van der Waals surface area contributed by atoms with Crippen LogP contribution in [0.2, 0.25) is 0 Å². The quantitative estimate of drug-likeness (QED) is 0.243. The van der Waals surface area contributed by atoms with Crippen molar-refractivity contribution in [2.24, 2.45) is 5.73 Å². The van der Waals surface area contributed by atoms with Crippen molar-refractivity contribution >= 4 is 47.2 Å². The van der Waals surface area contributed by atoms with Crippen LogP contribution in [-0.2, 0) is 25.6 Å². The average Bonchev–Trinajstić information content (AvgIpc) is 3.15. The lowest BCUT2D eigenvalue weighted by Gasteiger charge is -2.23. The predicted octanol–water partition coefficient (Wildman–Crippen LogP) is -0.454. The number of hydrogen-bond acceptors (Lipinski definition) is 6. The average molecular weight is 450 g/mol. The summed E-state index contributed by atoms with van der Waals surface area (Å²) in [6.07, 6.45) is 1.90. The Bertz CT molecular complexity index is 962. The fraction of sp³-hybridized carbons (Fsp3) is 0.400. The predicted molar refractivity (Wildman–Crippen MR) is 119 cm³/mol. The number of nitrogens with one attached hydrogen (secondary N) is 4. The molecule has 0 spiro atoms. The summed E-state index contributed by atoms with van der Waals surface area (Å²) in [6, 6.07) is 3.47. The highest BCUT2D eigenvalue weighted by molar-refractivity contribution is 7.80. The first kappa shape index (κ1) is 24.2. The van der Waals surface area contributed by atoms with Gasteiger partial charge in [-0.3, -0.25) is 19.2 Å². The van der Waals surface area contributed by atoms with Crippen molar-refractivity contribution < 1.29 is 24.3 Å². The summed E-state index contributed by atoms with van der Waals surface area (Å²) in [5.41, 5.74) is 7.39. The molecule has 1 aromatic heterocycles. The van der Waals surface area contributed by atoms with Crippen molar-refractivity contribution in [3.8, 4) is 0 Å². The van der Waals surface area contributed by atoms with Gasteiger partial charge < -0.3 is 31.8 Å². The van der Waals surface area contributed by atoms with Crippen LogP contribution in [0.15, 0.2) is 30.5 Å². The van der Waals surface area contributed by atoms with Crippen LogP contribution >= 0.6 is 12.6 Å². The first-order valence-corrected chi connectivity index (χ1v) is 10.3. The van der Waals surface area contributed by atoms with Crippen LogP contribution in [0, 0.1) is 0 Å². The second-order valence-corrected chi connectivity index (χ2v) is 7.58. The molecule has 4 unspecified atom stereocenters. The Morgan fingerprint density at radius 2 is 1.68 bits per heavy atom. The van der Waals surface area contributed by atoms with Crippen LogP contribution in [-0.4, -0.2) is 63.7 Å². The summed E-state index contributed by atoms with van der Waals surface area (Å²) in [7, 11) is 0. The van der Waals surface area contributed by atoms with Crippen molar-refractivity contribution in [2.45, 2.75) is 44.4 Å². The maximum Gasteiger partial charge on any atom is 0.325 e. The van der Waals surface area contributed by atoms with Gasteiger partial charge in [0.15, 0.2) is 0 Å². The van der Waals surface area contributed by atoms with E-state index in [-0.39, 0.29) is 12.2 Å². The number of fused-ring (bicyclic) bond motifs is 1. The molecule has 10 nitrogen and oxygen atoms in total. The number of nitrogens with two attached hydrogens (primary N) is 1. The van der Waals surface area contributed by atoms with E-state index in [1.165, 1.54) is 13.8 Å². The van der Waals surface area contributed by atoms with Gasteiger partial charge in [-0.25, -0.2) is 0 Å². The normalized spacial score (nSPS) is 14.8. The fourth-order valence-corrected chi connectivity index (χ4v) is 3.04. The van der Waals surface area contributed by atoms with Gasteiger partial charge in [0.1, 0.15) is 18.1 Å². The second-order valence-electron chi connectivity index (χ2n) is 7.21. The Labute approximate surface area is 184 Å². The number of benzene rings is 1. The van der Waals surface area contributed by atoms with Gasteiger partial charge in [0.25, 0.3) is 0 Å². The summed E-state index contributed by atoms with van der Waals surface area (Å²) >= 11 is 4.00. The number of carbonyl (C=O) groups excluding carboxylic acids is 3. The largest absolute Gasteiger partial charge is 0.480 e. The van der Waals surface area contributed by atoms with Crippen LogP contribution in [0.1, 0.15) is 19.4 Å². The first-order chi connectivity index (χ1) is 14.6. The molecular weight excluding hydrogens is 422 g/mol. The number of amides is 3. The SMILES string of the molecule is CC(NC(=O)C(C)NC(=O)C(Cc1c[nH]c2ccccc12)NC(=O)C(N)CS)C(=O)O. The Balaban J connectivity index is 2.17. The van der Waals surface area contributed by atoms with Gasteiger partial charge in [-0.15, -0.1) is 0 Å². The van der Waals surface area contributed by atoms with Gasteiger partial charge in [0, 0.05) is 29.3 Å². The van der Waals surface area contributed by atoms with E-state index in [1.807, 2.05) is 24.3 Å². The second kappa shape index (κ2) is 10.8. The smallest absolute Gasteiger partial charge is 0.325 e. The van der Waals surface area contributed by atoms with Gasteiger partial charge in [-0.2, -0.15) is 12.6 Å². The summed E-state index contributed by atoms with van der Waals surface area (Å²) in [6.45, 7) is 2.74. The van der Waals surface area contributed by atoms with Crippen molar-refractivity contribution in [3.63, 3.8) is 0 Å². The van der Waals surface area contributed by atoms with Gasteiger partial charge in [0.05, 0.1) is 6.04 Å². The zero-order chi connectivity index (χ0) is 23.1. The zero-order valence-corrected chi connectivity index (χ0v) is 18.1. The third-order valence-corrected chi connectivity index (χ3v) is 5.14. The molecule has 0 bridgehead atoms. The summed E-state index contributed by atoms with van der Waals surface area (Å²) < 4.78 is 0. The molecular formula is C20H27N5O5S. The van der Waals surface area contributed by atoms with Crippen molar-refractivity contribution in [3.05, 3.63) is 36.0 Å². The molecule has 0 aliphatic rings. The molecule has 0 radical (unpaired) electrons. The molecule has 2 aromatic rings.